The summed E-state index contributed by atoms with van der Waals surface area (Å²) < 4.78 is 5.55. The van der Waals surface area contributed by atoms with Crippen molar-refractivity contribution in [3.05, 3.63) is 59.1 Å². The number of piperazine rings is 1. The third-order valence-electron chi connectivity index (χ3n) is 4.32. The average molecular weight is 345 g/mol. The summed E-state index contributed by atoms with van der Waals surface area (Å²) >= 11 is 6.20. The van der Waals surface area contributed by atoms with Gasteiger partial charge in [-0.3, -0.25) is 4.79 Å². The molecule has 3 rings (SSSR count). The van der Waals surface area contributed by atoms with E-state index in [-0.39, 0.29) is 12.5 Å². The first kappa shape index (κ1) is 16.7. The molecule has 1 amide bonds. The van der Waals surface area contributed by atoms with E-state index in [0.717, 1.165) is 35.1 Å². The highest BCUT2D eigenvalue weighted by molar-refractivity contribution is 6.31. The molecule has 0 saturated carbocycles. The van der Waals surface area contributed by atoms with Gasteiger partial charge in [0.15, 0.2) is 6.61 Å². The minimum atomic E-state index is 0.0290. The van der Waals surface area contributed by atoms with Gasteiger partial charge < -0.3 is 14.5 Å². The van der Waals surface area contributed by atoms with Crippen LogP contribution in [0.3, 0.4) is 0 Å². The zero-order valence-electron chi connectivity index (χ0n) is 13.7. The molecule has 0 spiro atoms. The molecule has 2 aromatic carbocycles. The zero-order valence-corrected chi connectivity index (χ0v) is 14.5. The first-order chi connectivity index (χ1) is 11.6. The number of rotatable bonds is 4. The van der Waals surface area contributed by atoms with Crippen LogP contribution in [0.25, 0.3) is 0 Å². The molecule has 0 bridgehead atoms. The van der Waals surface area contributed by atoms with Gasteiger partial charge in [0.2, 0.25) is 0 Å². The van der Waals surface area contributed by atoms with E-state index in [1.807, 2.05) is 54.3 Å². The Morgan fingerprint density at radius 3 is 2.46 bits per heavy atom. The number of carbonyl (C=O) groups excluding carboxylic acids is 1. The molecule has 0 aromatic heterocycles. The molecule has 1 aliphatic rings. The van der Waals surface area contributed by atoms with E-state index < -0.39 is 0 Å². The summed E-state index contributed by atoms with van der Waals surface area (Å²) in [5.74, 6) is 0.750. The first-order valence-electron chi connectivity index (χ1n) is 8.11. The van der Waals surface area contributed by atoms with Gasteiger partial charge in [0, 0.05) is 36.9 Å². The van der Waals surface area contributed by atoms with Crippen LogP contribution in [0, 0.1) is 6.92 Å². The number of ether oxygens (including phenoxy) is 1. The predicted molar refractivity (Wildman–Crippen MR) is 96.9 cm³/mol. The quantitative estimate of drug-likeness (QED) is 0.852. The van der Waals surface area contributed by atoms with E-state index in [4.69, 9.17) is 16.3 Å². The van der Waals surface area contributed by atoms with Crippen LogP contribution in [-0.4, -0.2) is 43.6 Å². The summed E-state index contributed by atoms with van der Waals surface area (Å²) in [6.45, 7) is 5.12. The molecular formula is C19H21ClN2O2. The number of halogens is 1. The Hall–Kier alpha value is -2.20. The highest BCUT2D eigenvalue weighted by Gasteiger charge is 2.22. The van der Waals surface area contributed by atoms with Crippen LogP contribution in [0.2, 0.25) is 5.02 Å². The highest BCUT2D eigenvalue weighted by Crippen LogP contribution is 2.27. The number of nitrogens with zero attached hydrogens (tertiary/aromatic N) is 2. The fraction of sp³-hybridized carbons (Fsp3) is 0.316. The second-order valence-corrected chi connectivity index (χ2v) is 6.26. The van der Waals surface area contributed by atoms with Crippen LogP contribution in [0.5, 0.6) is 5.75 Å². The van der Waals surface area contributed by atoms with Crippen molar-refractivity contribution >= 4 is 23.2 Å². The molecule has 0 aliphatic carbocycles. The van der Waals surface area contributed by atoms with Gasteiger partial charge >= 0.3 is 0 Å². The lowest BCUT2D eigenvalue weighted by molar-refractivity contribution is -0.133. The summed E-state index contributed by atoms with van der Waals surface area (Å²) in [6.07, 6.45) is 0. The number of hydrogen-bond donors (Lipinski definition) is 0. The number of hydrogen-bond acceptors (Lipinski definition) is 3. The molecule has 1 fully saturated rings. The van der Waals surface area contributed by atoms with E-state index in [1.165, 1.54) is 0 Å². The third kappa shape index (κ3) is 3.82. The molecule has 1 saturated heterocycles. The van der Waals surface area contributed by atoms with E-state index in [2.05, 4.69) is 11.0 Å². The maximum atomic E-state index is 12.3. The Morgan fingerprint density at radius 2 is 1.75 bits per heavy atom. The minimum Gasteiger partial charge on any atom is -0.484 e. The standard InChI is InChI=1S/C19H21ClN2O2/c1-15-17(20)8-5-9-18(15)21-10-12-22(13-11-21)19(23)14-24-16-6-3-2-4-7-16/h2-9H,10-14H2,1H3. The number of benzene rings is 2. The Balaban J connectivity index is 1.53. The minimum absolute atomic E-state index is 0.0290. The fourth-order valence-corrected chi connectivity index (χ4v) is 3.06. The fourth-order valence-electron chi connectivity index (χ4n) is 2.89. The average Bonchev–Trinajstić information content (AvgIpc) is 2.63. The van der Waals surface area contributed by atoms with Crippen LogP contribution in [0.15, 0.2) is 48.5 Å². The number of amides is 1. The highest BCUT2D eigenvalue weighted by atomic mass is 35.5. The van der Waals surface area contributed by atoms with Crippen molar-refractivity contribution in [1.82, 2.24) is 4.90 Å². The zero-order chi connectivity index (χ0) is 16.9. The second-order valence-electron chi connectivity index (χ2n) is 5.85. The molecule has 5 heteroatoms. The van der Waals surface area contributed by atoms with Crippen molar-refractivity contribution in [3.63, 3.8) is 0 Å². The second kappa shape index (κ2) is 7.58. The van der Waals surface area contributed by atoms with Crippen molar-refractivity contribution < 1.29 is 9.53 Å². The van der Waals surface area contributed by atoms with E-state index >= 15 is 0 Å². The number of carbonyl (C=O) groups is 1. The van der Waals surface area contributed by atoms with Crippen molar-refractivity contribution in [3.8, 4) is 5.75 Å². The molecule has 4 nitrogen and oxygen atoms in total. The van der Waals surface area contributed by atoms with Crippen LogP contribution < -0.4 is 9.64 Å². The normalized spacial score (nSPS) is 14.6. The molecule has 2 aromatic rings. The predicted octanol–water partition coefficient (Wildman–Crippen LogP) is 3.38. The maximum absolute atomic E-state index is 12.3. The summed E-state index contributed by atoms with van der Waals surface area (Å²) in [5.41, 5.74) is 2.24. The first-order valence-corrected chi connectivity index (χ1v) is 8.48. The lowest BCUT2D eigenvalue weighted by Crippen LogP contribution is -2.50. The lowest BCUT2D eigenvalue weighted by Gasteiger charge is -2.36. The topological polar surface area (TPSA) is 32.8 Å². The maximum Gasteiger partial charge on any atom is 0.260 e. The largest absolute Gasteiger partial charge is 0.484 e. The third-order valence-corrected chi connectivity index (χ3v) is 4.73. The molecular weight excluding hydrogens is 324 g/mol. The van der Waals surface area contributed by atoms with Gasteiger partial charge in [0.1, 0.15) is 5.75 Å². The SMILES string of the molecule is Cc1c(Cl)cccc1N1CCN(C(=O)COc2ccccc2)CC1. The lowest BCUT2D eigenvalue weighted by atomic mass is 10.1. The van der Waals surface area contributed by atoms with E-state index in [1.54, 1.807) is 0 Å². The number of anilines is 1. The molecule has 0 N–H and O–H groups in total. The Bertz CT molecular complexity index is 698. The van der Waals surface area contributed by atoms with Crippen LogP contribution in [0.4, 0.5) is 5.69 Å². The summed E-state index contributed by atoms with van der Waals surface area (Å²) in [5, 5.41) is 0.780. The van der Waals surface area contributed by atoms with Gasteiger partial charge in [-0.25, -0.2) is 0 Å². The van der Waals surface area contributed by atoms with Gasteiger partial charge in [0.05, 0.1) is 0 Å². The van der Waals surface area contributed by atoms with Gasteiger partial charge in [-0.05, 0) is 36.8 Å². The Morgan fingerprint density at radius 1 is 1.04 bits per heavy atom. The molecule has 1 aliphatic heterocycles. The van der Waals surface area contributed by atoms with Gasteiger partial charge in [-0.1, -0.05) is 35.9 Å². The van der Waals surface area contributed by atoms with Crippen molar-refractivity contribution in [1.29, 1.82) is 0 Å². The van der Waals surface area contributed by atoms with Crippen molar-refractivity contribution in [2.75, 3.05) is 37.7 Å². The smallest absolute Gasteiger partial charge is 0.260 e. The summed E-state index contributed by atoms with van der Waals surface area (Å²) in [6, 6.07) is 15.4. The van der Waals surface area contributed by atoms with E-state index in [9.17, 15) is 4.79 Å². The summed E-state index contributed by atoms with van der Waals surface area (Å²) in [4.78, 5) is 16.4. The van der Waals surface area contributed by atoms with Gasteiger partial charge in [-0.15, -0.1) is 0 Å². The number of para-hydroxylation sites is 1. The molecule has 24 heavy (non-hydrogen) atoms. The molecule has 0 radical (unpaired) electrons. The van der Waals surface area contributed by atoms with Crippen LogP contribution in [-0.2, 0) is 4.79 Å². The molecule has 0 atom stereocenters. The van der Waals surface area contributed by atoms with Gasteiger partial charge in [-0.2, -0.15) is 0 Å². The van der Waals surface area contributed by atoms with Gasteiger partial charge in [0.25, 0.3) is 5.91 Å². The monoisotopic (exact) mass is 344 g/mol. The molecule has 0 unspecified atom stereocenters. The Labute approximate surface area is 147 Å². The summed E-state index contributed by atoms with van der Waals surface area (Å²) in [7, 11) is 0. The van der Waals surface area contributed by atoms with Crippen molar-refractivity contribution in [2.24, 2.45) is 0 Å². The Kier molecular flexibility index (Phi) is 5.26. The molecule has 126 valence electrons. The molecule has 1 heterocycles. The van der Waals surface area contributed by atoms with Crippen molar-refractivity contribution in [2.45, 2.75) is 6.92 Å². The van der Waals surface area contributed by atoms with Crippen LogP contribution >= 0.6 is 11.6 Å². The van der Waals surface area contributed by atoms with Crippen LogP contribution in [0.1, 0.15) is 5.56 Å². The van der Waals surface area contributed by atoms with E-state index in [0.29, 0.717) is 13.1 Å².